The second-order valence-corrected chi connectivity index (χ2v) is 9.65. The van der Waals surface area contributed by atoms with Crippen LogP contribution in [0, 0.1) is 34.5 Å². The van der Waals surface area contributed by atoms with Gasteiger partial charge in [-0.2, -0.15) is 0 Å². The van der Waals surface area contributed by atoms with E-state index in [2.05, 4.69) is 32.1 Å². The lowest BCUT2D eigenvalue weighted by molar-refractivity contribution is -0.132. The Hall–Kier alpha value is -0.890. The van der Waals surface area contributed by atoms with Crippen molar-refractivity contribution in [3.05, 3.63) is 23.8 Å². The largest absolute Gasteiger partial charge is 0.330 e. The van der Waals surface area contributed by atoms with Gasteiger partial charge >= 0.3 is 0 Å². The molecule has 4 aliphatic carbocycles. The summed E-state index contributed by atoms with van der Waals surface area (Å²) >= 11 is 0. The molecule has 3 fully saturated rings. The van der Waals surface area contributed by atoms with E-state index in [1.807, 2.05) is 0 Å². The molecular formula is C23H35NO. The monoisotopic (exact) mass is 341 g/mol. The number of rotatable bonds is 3. The van der Waals surface area contributed by atoms with Crippen molar-refractivity contribution in [2.24, 2.45) is 40.2 Å². The molecule has 4 rings (SSSR count). The normalized spacial score (nSPS) is 46.5. The Kier molecular flexibility index (Phi) is 4.46. The summed E-state index contributed by atoms with van der Waals surface area (Å²) in [7, 11) is 0. The van der Waals surface area contributed by atoms with Crippen LogP contribution in [0.25, 0.3) is 0 Å². The highest BCUT2D eigenvalue weighted by molar-refractivity contribution is 5.87. The SMILES string of the molecule is C[C@]12CC[C@H](/C=C/CCN)C=C1CCC1C2CC[C@]2(C)C(=O)CCC12. The summed E-state index contributed by atoms with van der Waals surface area (Å²) in [6.45, 7) is 5.59. The average molecular weight is 342 g/mol. The summed E-state index contributed by atoms with van der Waals surface area (Å²) < 4.78 is 0. The van der Waals surface area contributed by atoms with Gasteiger partial charge in [-0.1, -0.05) is 37.6 Å². The van der Waals surface area contributed by atoms with Crippen LogP contribution in [0.4, 0.5) is 0 Å². The second kappa shape index (κ2) is 6.37. The molecule has 4 aliphatic rings. The molecule has 0 heterocycles. The Morgan fingerprint density at radius 3 is 2.64 bits per heavy atom. The van der Waals surface area contributed by atoms with Gasteiger partial charge in [0.15, 0.2) is 0 Å². The standard InChI is InChI=1S/C23H35NO/c1-22-12-10-16(5-3-4-14-24)15-17(22)6-7-18-19-8-9-21(25)23(19,2)13-11-20(18)22/h3,5,15-16,18-20H,4,6-14,24H2,1-2H3/b5-3+/t16-,18?,19?,20?,22-,23-/m0/s1. The van der Waals surface area contributed by atoms with Gasteiger partial charge in [-0.3, -0.25) is 4.79 Å². The first-order valence-electron chi connectivity index (χ1n) is 10.6. The van der Waals surface area contributed by atoms with Gasteiger partial charge < -0.3 is 5.73 Å². The highest BCUT2D eigenvalue weighted by Gasteiger charge is 2.58. The molecule has 2 heteroatoms. The van der Waals surface area contributed by atoms with Crippen LogP contribution in [0.1, 0.15) is 71.6 Å². The molecule has 0 spiro atoms. The van der Waals surface area contributed by atoms with Gasteiger partial charge in [0.2, 0.25) is 0 Å². The second-order valence-electron chi connectivity index (χ2n) is 9.65. The number of nitrogens with two attached hydrogens (primary N) is 1. The number of hydrogen-bond donors (Lipinski definition) is 1. The smallest absolute Gasteiger partial charge is 0.139 e. The van der Waals surface area contributed by atoms with Crippen LogP contribution in [-0.2, 0) is 4.79 Å². The summed E-state index contributed by atoms with van der Waals surface area (Å²) in [5, 5.41) is 0. The fourth-order valence-corrected chi connectivity index (χ4v) is 7.04. The number of allylic oxidation sites excluding steroid dienone is 3. The van der Waals surface area contributed by atoms with Gasteiger partial charge in [-0.05, 0) is 87.0 Å². The van der Waals surface area contributed by atoms with Gasteiger partial charge in [-0.15, -0.1) is 0 Å². The predicted octanol–water partition coefficient (Wildman–Crippen LogP) is 5.04. The first kappa shape index (κ1) is 17.5. The maximum Gasteiger partial charge on any atom is 0.139 e. The molecule has 2 nitrogen and oxygen atoms in total. The van der Waals surface area contributed by atoms with Crippen molar-refractivity contribution in [1.29, 1.82) is 0 Å². The Morgan fingerprint density at radius 1 is 1.08 bits per heavy atom. The first-order chi connectivity index (χ1) is 12.0. The van der Waals surface area contributed by atoms with Crippen LogP contribution in [0.5, 0.6) is 0 Å². The summed E-state index contributed by atoms with van der Waals surface area (Å²) in [4.78, 5) is 12.5. The number of Topliss-reactive ketones (excluding diaryl/α,β-unsaturated/α-hetero) is 1. The van der Waals surface area contributed by atoms with Crippen molar-refractivity contribution >= 4 is 5.78 Å². The number of hydrogen-bond acceptors (Lipinski definition) is 2. The minimum absolute atomic E-state index is 0.0148. The van der Waals surface area contributed by atoms with E-state index in [4.69, 9.17) is 5.73 Å². The van der Waals surface area contributed by atoms with Gasteiger partial charge in [0.05, 0.1) is 0 Å². The summed E-state index contributed by atoms with van der Waals surface area (Å²) in [5.74, 6) is 3.45. The van der Waals surface area contributed by atoms with Crippen LogP contribution in [0.2, 0.25) is 0 Å². The van der Waals surface area contributed by atoms with Crippen LogP contribution in [0.15, 0.2) is 23.8 Å². The molecule has 0 aliphatic heterocycles. The fraction of sp³-hybridized carbons (Fsp3) is 0.783. The summed E-state index contributed by atoms with van der Waals surface area (Å²) in [6.07, 6.45) is 17.9. The van der Waals surface area contributed by atoms with Crippen molar-refractivity contribution in [1.82, 2.24) is 0 Å². The zero-order valence-corrected chi connectivity index (χ0v) is 16.1. The van der Waals surface area contributed by atoms with Crippen molar-refractivity contribution in [2.45, 2.75) is 71.6 Å². The highest BCUT2D eigenvalue weighted by atomic mass is 16.1. The molecule has 0 radical (unpaired) electrons. The molecule has 138 valence electrons. The molecule has 3 saturated carbocycles. The molecule has 0 aromatic carbocycles. The van der Waals surface area contributed by atoms with Gasteiger partial charge in [0, 0.05) is 11.8 Å². The maximum absolute atomic E-state index is 12.5. The molecule has 2 N–H and O–H groups in total. The van der Waals surface area contributed by atoms with E-state index in [0.717, 1.165) is 44.1 Å². The van der Waals surface area contributed by atoms with E-state index >= 15 is 0 Å². The molecule has 0 amide bonds. The summed E-state index contributed by atoms with van der Waals surface area (Å²) in [6, 6.07) is 0. The molecule has 3 unspecified atom stereocenters. The van der Waals surface area contributed by atoms with Crippen molar-refractivity contribution in [3.8, 4) is 0 Å². The Balaban J connectivity index is 1.57. The Morgan fingerprint density at radius 2 is 1.84 bits per heavy atom. The van der Waals surface area contributed by atoms with E-state index < -0.39 is 0 Å². The molecule has 25 heavy (non-hydrogen) atoms. The van der Waals surface area contributed by atoms with Crippen molar-refractivity contribution in [2.75, 3.05) is 6.54 Å². The summed E-state index contributed by atoms with van der Waals surface area (Å²) in [5.41, 5.74) is 7.76. The molecule has 6 atom stereocenters. The molecule has 0 bridgehead atoms. The zero-order chi connectivity index (χ0) is 17.7. The number of fused-ring (bicyclic) bond motifs is 5. The predicted molar refractivity (Wildman–Crippen MR) is 103 cm³/mol. The fourth-order valence-electron chi connectivity index (χ4n) is 7.04. The highest BCUT2D eigenvalue weighted by Crippen LogP contribution is 2.64. The minimum Gasteiger partial charge on any atom is -0.330 e. The maximum atomic E-state index is 12.5. The molecule has 0 saturated heterocycles. The third-order valence-electron chi connectivity index (χ3n) is 8.57. The van der Waals surface area contributed by atoms with Crippen molar-refractivity contribution < 1.29 is 4.79 Å². The molecule has 0 aromatic rings. The third-order valence-corrected chi connectivity index (χ3v) is 8.57. The van der Waals surface area contributed by atoms with Gasteiger partial charge in [0.1, 0.15) is 5.78 Å². The number of ketones is 1. The average Bonchev–Trinajstić information content (AvgIpc) is 2.90. The van der Waals surface area contributed by atoms with Crippen LogP contribution in [0.3, 0.4) is 0 Å². The van der Waals surface area contributed by atoms with Crippen molar-refractivity contribution in [3.63, 3.8) is 0 Å². The van der Waals surface area contributed by atoms with E-state index in [1.54, 1.807) is 5.57 Å². The third kappa shape index (κ3) is 2.67. The first-order valence-corrected chi connectivity index (χ1v) is 10.6. The van der Waals surface area contributed by atoms with E-state index in [-0.39, 0.29) is 5.41 Å². The lowest BCUT2D eigenvalue weighted by atomic mass is 9.47. The number of carbonyl (C=O) groups is 1. The quantitative estimate of drug-likeness (QED) is 0.731. The Bertz CT molecular complexity index is 605. The van der Waals surface area contributed by atoms with Gasteiger partial charge in [-0.25, -0.2) is 0 Å². The molecular weight excluding hydrogens is 306 g/mol. The topological polar surface area (TPSA) is 43.1 Å². The van der Waals surface area contributed by atoms with Crippen LogP contribution in [-0.4, -0.2) is 12.3 Å². The Labute approximate surface area is 153 Å². The van der Waals surface area contributed by atoms with Crippen LogP contribution < -0.4 is 5.73 Å². The van der Waals surface area contributed by atoms with E-state index in [0.29, 0.717) is 23.0 Å². The lowest BCUT2D eigenvalue weighted by Crippen LogP contribution is -2.50. The number of carbonyl (C=O) groups excluding carboxylic acids is 1. The lowest BCUT2D eigenvalue weighted by Gasteiger charge is -2.57. The van der Waals surface area contributed by atoms with Crippen LogP contribution >= 0.6 is 0 Å². The van der Waals surface area contributed by atoms with E-state index in [9.17, 15) is 4.79 Å². The van der Waals surface area contributed by atoms with E-state index in [1.165, 1.54) is 32.1 Å². The van der Waals surface area contributed by atoms with Gasteiger partial charge in [0.25, 0.3) is 0 Å². The minimum atomic E-state index is 0.0148. The molecule has 0 aromatic heterocycles. The zero-order valence-electron chi connectivity index (χ0n) is 16.1.